The summed E-state index contributed by atoms with van der Waals surface area (Å²) >= 11 is 0. The number of rotatable bonds is 7. The zero-order valence-electron chi connectivity index (χ0n) is 22.6. The molecule has 2 aromatic carbocycles. The van der Waals surface area contributed by atoms with Crippen LogP contribution in [0.2, 0.25) is 0 Å². The fourth-order valence-corrected chi connectivity index (χ4v) is 5.34. The van der Waals surface area contributed by atoms with Crippen molar-refractivity contribution in [2.45, 2.75) is 20.0 Å². The Labute approximate surface area is 234 Å². The van der Waals surface area contributed by atoms with Crippen LogP contribution in [0.5, 0.6) is 0 Å². The van der Waals surface area contributed by atoms with Crippen LogP contribution in [0.4, 0.5) is 11.6 Å². The molecule has 2 N–H and O–H groups in total. The van der Waals surface area contributed by atoms with Gasteiger partial charge in [-0.1, -0.05) is 36.4 Å². The number of nitrogens with zero attached hydrogens (tertiary/aromatic N) is 10. The molecule has 0 atom stereocenters. The third-order valence-electron chi connectivity index (χ3n) is 7.50. The number of hydrogen-bond acceptors (Lipinski definition) is 10. The Morgan fingerprint density at radius 1 is 0.927 bits per heavy atom. The van der Waals surface area contributed by atoms with Crippen LogP contribution in [-0.2, 0) is 13.1 Å². The van der Waals surface area contributed by atoms with Gasteiger partial charge < -0.3 is 15.1 Å². The normalized spacial score (nSPS) is 14.4. The summed E-state index contributed by atoms with van der Waals surface area (Å²) in [7, 11) is 0. The first-order chi connectivity index (χ1) is 20.0. The van der Waals surface area contributed by atoms with E-state index in [-0.39, 0.29) is 11.6 Å². The van der Waals surface area contributed by atoms with Crippen LogP contribution in [0.1, 0.15) is 11.5 Å². The van der Waals surface area contributed by atoms with Gasteiger partial charge in [-0.3, -0.25) is 4.90 Å². The van der Waals surface area contributed by atoms with Crippen molar-refractivity contribution in [3.63, 3.8) is 0 Å². The Hall–Kier alpha value is -5.04. The molecular weight excluding hydrogens is 522 g/mol. The van der Waals surface area contributed by atoms with E-state index in [9.17, 15) is 4.79 Å². The number of nitrogen functional groups attached to an aromatic ring is 1. The van der Waals surface area contributed by atoms with Crippen LogP contribution in [0.25, 0.3) is 28.1 Å². The maximum absolute atomic E-state index is 13.1. The van der Waals surface area contributed by atoms with E-state index in [1.807, 2.05) is 47.1 Å². The first-order valence-electron chi connectivity index (χ1n) is 13.6. The number of benzene rings is 2. The summed E-state index contributed by atoms with van der Waals surface area (Å²) in [5, 5.41) is 17.9. The van der Waals surface area contributed by atoms with Crippen LogP contribution in [0, 0.1) is 6.92 Å². The van der Waals surface area contributed by atoms with E-state index in [1.54, 1.807) is 13.1 Å². The highest BCUT2D eigenvalue weighted by Crippen LogP contribution is 2.25. The van der Waals surface area contributed by atoms with E-state index >= 15 is 0 Å². The van der Waals surface area contributed by atoms with Gasteiger partial charge in [0.05, 0.1) is 24.7 Å². The first-order valence-corrected chi connectivity index (χ1v) is 13.6. The minimum absolute atomic E-state index is 0.102. The van der Waals surface area contributed by atoms with Crippen molar-refractivity contribution in [2.24, 2.45) is 0 Å². The molecule has 208 valence electrons. The van der Waals surface area contributed by atoms with Crippen molar-refractivity contribution >= 4 is 28.3 Å². The number of fused-ring (bicyclic) bond motifs is 3. The van der Waals surface area contributed by atoms with Crippen molar-refractivity contribution in [3.8, 4) is 11.5 Å². The van der Waals surface area contributed by atoms with Gasteiger partial charge in [-0.2, -0.15) is 10.1 Å². The lowest BCUT2D eigenvalue weighted by molar-refractivity contribution is 0.245. The monoisotopic (exact) mass is 551 g/mol. The molecule has 6 aromatic rings. The second-order valence-electron chi connectivity index (χ2n) is 10.2. The van der Waals surface area contributed by atoms with Gasteiger partial charge in [0.15, 0.2) is 11.3 Å². The molecule has 13 heteroatoms. The number of hydrogen-bond donors (Lipinski definition) is 1. The Morgan fingerprint density at radius 2 is 1.76 bits per heavy atom. The van der Waals surface area contributed by atoms with E-state index in [1.165, 1.54) is 9.08 Å². The molecule has 1 aliphatic heterocycles. The largest absolute Gasteiger partial charge is 0.421 e. The van der Waals surface area contributed by atoms with Crippen molar-refractivity contribution in [1.82, 2.24) is 44.0 Å². The predicted molar refractivity (Wildman–Crippen MR) is 154 cm³/mol. The van der Waals surface area contributed by atoms with Crippen molar-refractivity contribution in [2.75, 3.05) is 43.4 Å². The Balaban J connectivity index is 1.04. The van der Waals surface area contributed by atoms with Gasteiger partial charge in [-0.25, -0.2) is 18.6 Å². The first kappa shape index (κ1) is 25.0. The SMILES string of the molecule is Cc1nnc(-c2cccc(N3CCN(CCn4ncc5c4nc(N)n4c(=O)n(Cc6ccccc6)nc54)CC3)c2)o1. The molecule has 1 saturated heterocycles. The average Bonchev–Trinajstić information content (AvgIpc) is 3.70. The van der Waals surface area contributed by atoms with Crippen molar-refractivity contribution < 1.29 is 4.42 Å². The molecule has 4 aromatic heterocycles. The molecule has 0 radical (unpaired) electrons. The van der Waals surface area contributed by atoms with Gasteiger partial charge in [0.25, 0.3) is 0 Å². The topological polar surface area (TPSA) is 141 Å². The quantitative estimate of drug-likeness (QED) is 0.313. The number of aromatic nitrogens is 8. The molecule has 1 aliphatic rings. The summed E-state index contributed by atoms with van der Waals surface area (Å²) in [6.07, 6.45) is 1.71. The Kier molecular flexibility index (Phi) is 6.19. The molecule has 5 heterocycles. The standard InChI is InChI=1S/C28H29N11O2/c1-19-32-33-26(41-19)21-8-5-9-22(16-21)36-13-10-35(11-14-36)12-15-37-24-23(17-30-37)25-34-38(18-20-6-3-2-4-7-20)28(40)39(25)27(29)31-24/h2-9,16-17H,10-15,18H2,1H3,(H2,29,31). The summed E-state index contributed by atoms with van der Waals surface area (Å²) in [4.78, 5) is 22.4. The molecule has 0 amide bonds. The molecule has 7 rings (SSSR count). The van der Waals surface area contributed by atoms with Crippen molar-refractivity contribution in [1.29, 1.82) is 0 Å². The highest BCUT2D eigenvalue weighted by molar-refractivity contribution is 5.89. The van der Waals surface area contributed by atoms with Gasteiger partial charge in [0, 0.05) is 50.9 Å². The smallest absolute Gasteiger partial charge is 0.353 e. The number of nitrogens with two attached hydrogens (primary N) is 1. The average molecular weight is 552 g/mol. The van der Waals surface area contributed by atoms with Gasteiger partial charge in [0.2, 0.25) is 17.7 Å². The Morgan fingerprint density at radius 3 is 2.54 bits per heavy atom. The maximum Gasteiger partial charge on any atom is 0.353 e. The highest BCUT2D eigenvalue weighted by Gasteiger charge is 2.21. The van der Waals surface area contributed by atoms with Crippen molar-refractivity contribution in [3.05, 3.63) is 82.7 Å². The second-order valence-corrected chi connectivity index (χ2v) is 10.2. The molecule has 0 unspecified atom stereocenters. The minimum atomic E-state index is -0.320. The maximum atomic E-state index is 13.1. The number of piperazine rings is 1. The third kappa shape index (κ3) is 4.69. The lowest BCUT2D eigenvalue weighted by Gasteiger charge is -2.36. The zero-order valence-corrected chi connectivity index (χ0v) is 22.6. The molecule has 13 nitrogen and oxygen atoms in total. The molecule has 0 bridgehead atoms. The third-order valence-corrected chi connectivity index (χ3v) is 7.50. The predicted octanol–water partition coefficient (Wildman–Crippen LogP) is 2.05. The lowest BCUT2D eigenvalue weighted by atomic mass is 10.1. The van der Waals surface area contributed by atoms with E-state index in [4.69, 9.17) is 10.2 Å². The van der Waals surface area contributed by atoms with Crippen LogP contribution in [-0.4, -0.2) is 76.8 Å². The fourth-order valence-electron chi connectivity index (χ4n) is 5.34. The van der Waals surface area contributed by atoms with Gasteiger partial charge in [0.1, 0.15) is 0 Å². The van der Waals surface area contributed by atoms with Gasteiger partial charge in [-0.05, 0) is 23.8 Å². The highest BCUT2D eigenvalue weighted by atomic mass is 16.4. The van der Waals surface area contributed by atoms with Gasteiger partial charge >= 0.3 is 5.69 Å². The van der Waals surface area contributed by atoms with Gasteiger partial charge in [-0.15, -0.1) is 15.3 Å². The number of anilines is 2. The van der Waals surface area contributed by atoms with E-state index in [2.05, 4.69) is 47.3 Å². The molecule has 0 aliphatic carbocycles. The Bertz CT molecular complexity index is 1900. The molecule has 1 fully saturated rings. The molecule has 0 saturated carbocycles. The second kappa shape index (κ2) is 10.2. The summed E-state index contributed by atoms with van der Waals surface area (Å²) in [5.74, 6) is 1.19. The summed E-state index contributed by atoms with van der Waals surface area (Å²) in [5.41, 5.74) is 10.1. The zero-order chi connectivity index (χ0) is 27.9. The van der Waals surface area contributed by atoms with Crippen LogP contribution in [0.15, 0.2) is 70.0 Å². The lowest BCUT2D eigenvalue weighted by Crippen LogP contribution is -2.47. The van der Waals surface area contributed by atoms with Crippen LogP contribution < -0.4 is 16.3 Å². The molecule has 0 spiro atoms. The molecular formula is C28H29N11O2. The minimum Gasteiger partial charge on any atom is -0.421 e. The summed E-state index contributed by atoms with van der Waals surface area (Å²) in [6.45, 7) is 7.24. The van der Waals surface area contributed by atoms with E-state index in [0.717, 1.165) is 49.5 Å². The number of aryl methyl sites for hydroxylation is 1. The summed E-state index contributed by atoms with van der Waals surface area (Å²) < 4.78 is 10.2. The fraction of sp³-hybridized carbons (Fsp3) is 0.286. The molecule has 41 heavy (non-hydrogen) atoms. The van der Waals surface area contributed by atoms with E-state index < -0.39 is 0 Å². The van der Waals surface area contributed by atoms with Crippen LogP contribution >= 0.6 is 0 Å². The summed E-state index contributed by atoms with van der Waals surface area (Å²) in [6, 6.07) is 17.9. The van der Waals surface area contributed by atoms with E-state index in [0.29, 0.717) is 41.6 Å². The van der Waals surface area contributed by atoms with Crippen LogP contribution in [0.3, 0.4) is 0 Å².